The summed E-state index contributed by atoms with van der Waals surface area (Å²) in [5, 5.41) is 8.75. The lowest BCUT2D eigenvalue weighted by Gasteiger charge is -2.36. The highest BCUT2D eigenvalue weighted by Crippen LogP contribution is 2.21. The molecule has 5 heteroatoms. The van der Waals surface area contributed by atoms with Crippen LogP contribution in [0.1, 0.15) is 31.2 Å². The fourth-order valence-electron chi connectivity index (χ4n) is 2.91. The van der Waals surface area contributed by atoms with Gasteiger partial charge < -0.3 is 10.0 Å². The molecular formula is C17H24N2O3. The predicted octanol–water partition coefficient (Wildman–Crippen LogP) is 1.97. The number of amides is 1. The smallest absolute Gasteiger partial charge is 0.305 e. The summed E-state index contributed by atoms with van der Waals surface area (Å²) in [6, 6.07) is 10.0. The van der Waals surface area contributed by atoms with Crippen molar-refractivity contribution in [1.82, 2.24) is 9.80 Å². The summed E-state index contributed by atoms with van der Waals surface area (Å²) < 4.78 is 0. The molecule has 0 bridgehead atoms. The fraction of sp³-hybridized carbons (Fsp3) is 0.529. The lowest BCUT2D eigenvalue weighted by molar-refractivity contribution is -0.140. The van der Waals surface area contributed by atoms with Gasteiger partial charge in [0.25, 0.3) is 0 Å². The van der Waals surface area contributed by atoms with Crippen LogP contribution >= 0.6 is 0 Å². The van der Waals surface area contributed by atoms with Crippen LogP contribution < -0.4 is 0 Å². The average molecular weight is 304 g/mol. The van der Waals surface area contributed by atoms with E-state index in [2.05, 4.69) is 17.0 Å². The molecule has 2 rings (SSSR count). The van der Waals surface area contributed by atoms with Gasteiger partial charge in [0.2, 0.25) is 5.91 Å². The monoisotopic (exact) mass is 304 g/mol. The van der Waals surface area contributed by atoms with E-state index in [9.17, 15) is 9.59 Å². The van der Waals surface area contributed by atoms with Gasteiger partial charge in [0.15, 0.2) is 0 Å². The van der Waals surface area contributed by atoms with Crippen molar-refractivity contribution < 1.29 is 14.7 Å². The molecule has 22 heavy (non-hydrogen) atoms. The summed E-state index contributed by atoms with van der Waals surface area (Å²) in [7, 11) is 1.70. The van der Waals surface area contributed by atoms with Gasteiger partial charge in [0.05, 0.1) is 12.5 Å². The fourth-order valence-corrected chi connectivity index (χ4v) is 2.91. The highest BCUT2D eigenvalue weighted by Gasteiger charge is 2.30. The van der Waals surface area contributed by atoms with Crippen LogP contribution in [0.15, 0.2) is 30.3 Å². The molecule has 1 heterocycles. The zero-order valence-electron chi connectivity index (χ0n) is 13.1. The molecule has 0 saturated carbocycles. The summed E-state index contributed by atoms with van der Waals surface area (Å²) in [4.78, 5) is 27.0. The molecule has 1 aliphatic heterocycles. The normalized spacial score (nSPS) is 18.9. The van der Waals surface area contributed by atoms with Gasteiger partial charge in [-0.3, -0.25) is 14.5 Å². The first-order valence-electron chi connectivity index (χ1n) is 7.82. The van der Waals surface area contributed by atoms with Gasteiger partial charge in [-0.05, 0) is 24.9 Å². The number of likely N-dealkylation sites (tertiary alicyclic amines) is 1. The number of aliphatic carboxylic acids is 1. The van der Waals surface area contributed by atoms with E-state index in [-0.39, 0.29) is 24.9 Å². The molecule has 1 saturated heterocycles. The number of carboxylic acids is 1. The van der Waals surface area contributed by atoms with Crippen molar-refractivity contribution in [3.05, 3.63) is 35.9 Å². The largest absolute Gasteiger partial charge is 0.481 e. The van der Waals surface area contributed by atoms with E-state index in [0.29, 0.717) is 0 Å². The molecule has 1 fully saturated rings. The summed E-state index contributed by atoms with van der Waals surface area (Å²) in [6.07, 6.45) is 3.00. The number of nitrogens with zero attached hydrogens (tertiary/aromatic N) is 2. The SMILES string of the molecule is CN(CCC(=O)O)C(=O)C1CCCCN1Cc1ccccc1. The van der Waals surface area contributed by atoms with Crippen LogP contribution in [0.2, 0.25) is 0 Å². The molecule has 0 aromatic heterocycles. The number of rotatable bonds is 6. The highest BCUT2D eigenvalue weighted by atomic mass is 16.4. The summed E-state index contributed by atoms with van der Waals surface area (Å²) in [6.45, 7) is 1.95. The van der Waals surface area contributed by atoms with Crippen LogP contribution in [0.5, 0.6) is 0 Å². The molecule has 1 atom stereocenters. The van der Waals surface area contributed by atoms with Crippen LogP contribution in [0.4, 0.5) is 0 Å². The summed E-state index contributed by atoms with van der Waals surface area (Å²) in [5.41, 5.74) is 1.20. The molecular weight excluding hydrogens is 280 g/mol. The quantitative estimate of drug-likeness (QED) is 0.873. The molecule has 1 unspecified atom stereocenters. The second-order valence-electron chi connectivity index (χ2n) is 5.87. The van der Waals surface area contributed by atoms with Crippen molar-refractivity contribution in [1.29, 1.82) is 0 Å². The molecule has 0 radical (unpaired) electrons. The number of piperidine rings is 1. The first-order chi connectivity index (χ1) is 10.6. The van der Waals surface area contributed by atoms with E-state index in [4.69, 9.17) is 5.11 Å². The van der Waals surface area contributed by atoms with Gasteiger partial charge in [-0.1, -0.05) is 36.8 Å². The van der Waals surface area contributed by atoms with Gasteiger partial charge in [0.1, 0.15) is 0 Å². The van der Waals surface area contributed by atoms with Crippen molar-refractivity contribution in [3.8, 4) is 0 Å². The molecule has 1 aromatic rings. The number of carbonyl (C=O) groups is 2. The number of likely N-dealkylation sites (N-methyl/N-ethyl adjacent to an activating group) is 1. The Hall–Kier alpha value is -1.88. The third-order valence-corrected chi connectivity index (χ3v) is 4.16. The van der Waals surface area contributed by atoms with Crippen molar-refractivity contribution in [2.75, 3.05) is 20.1 Å². The third-order valence-electron chi connectivity index (χ3n) is 4.16. The van der Waals surface area contributed by atoms with E-state index in [1.165, 1.54) is 5.56 Å². The minimum Gasteiger partial charge on any atom is -0.481 e. The van der Waals surface area contributed by atoms with Gasteiger partial charge in [-0.25, -0.2) is 0 Å². The Kier molecular flexibility index (Phi) is 5.95. The minimum atomic E-state index is -0.871. The Bertz CT molecular complexity index is 504. The van der Waals surface area contributed by atoms with E-state index in [0.717, 1.165) is 32.4 Å². The molecule has 1 aliphatic rings. The first-order valence-corrected chi connectivity index (χ1v) is 7.82. The van der Waals surface area contributed by atoms with Crippen LogP contribution in [-0.2, 0) is 16.1 Å². The number of benzene rings is 1. The Balaban J connectivity index is 1.99. The van der Waals surface area contributed by atoms with Crippen LogP contribution in [0.3, 0.4) is 0 Å². The average Bonchev–Trinajstić information content (AvgIpc) is 2.53. The predicted molar refractivity (Wildman–Crippen MR) is 84.4 cm³/mol. The number of carbonyl (C=O) groups excluding carboxylic acids is 1. The Morgan fingerprint density at radius 3 is 2.68 bits per heavy atom. The maximum atomic E-state index is 12.6. The second kappa shape index (κ2) is 7.94. The third kappa shape index (κ3) is 4.56. The van der Waals surface area contributed by atoms with Crippen LogP contribution in [0, 0.1) is 0 Å². The molecule has 1 N–H and O–H groups in total. The minimum absolute atomic E-state index is 0.00630. The van der Waals surface area contributed by atoms with Gasteiger partial charge in [0, 0.05) is 20.1 Å². The second-order valence-corrected chi connectivity index (χ2v) is 5.87. The lowest BCUT2D eigenvalue weighted by Crippen LogP contribution is -2.49. The first kappa shape index (κ1) is 16.5. The zero-order valence-corrected chi connectivity index (χ0v) is 13.1. The lowest BCUT2D eigenvalue weighted by atomic mass is 10.00. The molecule has 0 aliphatic carbocycles. The van der Waals surface area contributed by atoms with Gasteiger partial charge in [-0.15, -0.1) is 0 Å². The Morgan fingerprint density at radius 2 is 2.00 bits per heavy atom. The number of hydrogen-bond acceptors (Lipinski definition) is 3. The maximum Gasteiger partial charge on any atom is 0.305 e. The van der Waals surface area contributed by atoms with Crippen molar-refractivity contribution in [2.24, 2.45) is 0 Å². The van der Waals surface area contributed by atoms with Gasteiger partial charge in [-0.2, -0.15) is 0 Å². The van der Waals surface area contributed by atoms with E-state index in [1.807, 2.05) is 18.2 Å². The van der Waals surface area contributed by atoms with E-state index >= 15 is 0 Å². The molecule has 1 amide bonds. The Morgan fingerprint density at radius 1 is 1.27 bits per heavy atom. The standard InChI is InChI=1S/C17H24N2O3/c1-18(12-10-16(20)21)17(22)15-9-5-6-11-19(15)13-14-7-3-2-4-8-14/h2-4,7-8,15H,5-6,9-13H2,1H3,(H,20,21). The van der Waals surface area contributed by atoms with Crippen molar-refractivity contribution in [3.63, 3.8) is 0 Å². The summed E-state index contributed by atoms with van der Waals surface area (Å²) in [5.74, 6) is -0.832. The zero-order chi connectivity index (χ0) is 15.9. The molecule has 1 aromatic carbocycles. The van der Waals surface area contributed by atoms with E-state index in [1.54, 1.807) is 11.9 Å². The molecule has 120 valence electrons. The van der Waals surface area contributed by atoms with Crippen molar-refractivity contribution in [2.45, 2.75) is 38.3 Å². The number of hydrogen-bond donors (Lipinski definition) is 1. The van der Waals surface area contributed by atoms with Gasteiger partial charge >= 0.3 is 5.97 Å². The maximum absolute atomic E-state index is 12.6. The van der Waals surface area contributed by atoms with Crippen molar-refractivity contribution >= 4 is 11.9 Å². The summed E-state index contributed by atoms with van der Waals surface area (Å²) >= 11 is 0. The van der Waals surface area contributed by atoms with E-state index < -0.39 is 5.97 Å². The molecule has 0 spiro atoms. The van der Waals surface area contributed by atoms with Crippen LogP contribution in [-0.4, -0.2) is 53.0 Å². The van der Waals surface area contributed by atoms with Crippen LogP contribution in [0.25, 0.3) is 0 Å². The highest BCUT2D eigenvalue weighted by molar-refractivity contribution is 5.82. The number of carboxylic acid groups (broad SMARTS) is 1. The molecule has 5 nitrogen and oxygen atoms in total. The Labute approximate surface area is 131 Å². The topological polar surface area (TPSA) is 60.9 Å².